The maximum absolute atomic E-state index is 13.5. The summed E-state index contributed by atoms with van der Waals surface area (Å²) >= 11 is 0. The number of anilines is 1. The first kappa shape index (κ1) is 27.2. The van der Waals surface area contributed by atoms with Crippen LogP contribution in [0.4, 0.5) is 10.5 Å². The first-order valence-corrected chi connectivity index (χ1v) is 13.6. The molecule has 0 radical (unpaired) electrons. The highest BCUT2D eigenvalue weighted by molar-refractivity contribution is 5.95. The number of rotatable bonds is 5. The first-order chi connectivity index (χ1) is 17.5. The highest BCUT2D eigenvalue weighted by Crippen LogP contribution is 2.44. The van der Waals surface area contributed by atoms with Crippen LogP contribution in [0, 0.1) is 20.8 Å². The molecule has 1 aliphatic heterocycles. The monoisotopic (exact) mass is 506 g/mol. The van der Waals surface area contributed by atoms with Gasteiger partial charge in [0.25, 0.3) is 0 Å². The van der Waals surface area contributed by atoms with Crippen molar-refractivity contribution in [2.24, 2.45) is 0 Å². The lowest BCUT2D eigenvalue weighted by Crippen LogP contribution is -2.43. The number of hydrogen-bond acceptors (Lipinski definition) is 4. The second-order valence-electron chi connectivity index (χ2n) is 11.6. The number of nitrogens with zero attached hydrogens (tertiary/aromatic N) is 1. The van der Waals surface area contributed by atoms with Gasteiger partial charge in [-0.1, -0.05) is 49.1 Å². The molecule has 0 saturated heterocycles. The largest absolute Gasteiger partial charge is 0.467 e. The van der Waals surface area contributed by atoms with Crippen molar-refractivity contribution in [2.45, 2.75) is 97.8 Å². The third kappa shape index (κ3) is 5.69. The fraction of sp³-hybridized carbons (Fsp3) is 0.548. The lowest BCUT2D eigenvalue weighted by Gasteiger charge is -2.33. The van der Waals surface area contributed by atoms with Gasteiger partial charge in [-0.2, -0.15) is 0 Å². The zero-order chi connectivity index (χ0) is 26.9. The smallest absolute Gasteiger partial charge is 0.339 e. The van der Waals surface area contributed by atoms with Crippen molar-refractivity contribution in [1.82, 2.24) is 4.90 Å². The van der Waals surface area contributed by atoms with E-state index in [1.165, 1.54) is 31.9 Å². The van der Waals surface area contributed by atoms with E-state index in [2.05, 4.69) is 43.4 Å². The van der Waals surface area contributed by atoms with E-state index >= 15 is 0 Å². The van der Waals surface area contributed by atoms with Crippen molar-refractivity contribution in [2.75, 3.05) is 19.0 Å². The summed E-state index contributed by atoms with van der Waals surface area (Å²) in [5.41, 5.74) is 7.20. The summed E-state index contributed by atoms with van der Waals surface area (Å²) in [4.78, 5) is 28.8. The van der Waals surface area contributed by atoms with Crippen molar-refractivity contribution >= 4 is 17.7 Å². The molecule has 6 nitrogen and oxygen atoms in total. The molecular formula is C31H42N2O4. The molecular weight excluding hydrogens is 464 g/mol. The Morgan fingerprint density at radius 1 is 1.03 bits per heavy atom. The second-order valence-corrected chi connectivity index (χ2v) is 11.6. The standard InChI is InChI=1S/C31H42N2O4/c1-19-13-15-22(16-14-19)25-20(2)24-17-18-33(23-11-9-8-10-12-23)30(35)32-27(24)21(3)26(25)28(29(34)36-7)37-31(4,5)6/h13-16,23,28H,8-12,17-18H2,1-7H3,(H,32,35)/t28-/m0/s1. The minimum atomic E-state index is -0.931. The molecule has 0 unspecified atom stereocenters. The van der Waals surface area contributed by atoms with Gasteiger partial charge >= 0.3 is 12.0 Å². The zero-order valence-corrected chi connectivity index (χ0v) is 23.5. The van der Waals surface area contributed by atoms with Crippen LogP contribution >= 0.6 is 0 Å². The van der Waals surface area contributed by atoms with Crippen molar-refractivity contribution in [1.29, 1.82) is 0 Å². The maximum atomic E-state index is 13.5. The average Bonchev–Trinajstić information content (AvgIpc) is 3.04. The predicted octanol–water partition coefficient (Wildman–Crippen LogP) is 7.03. The number of amides is 2. The third-order valence-electron chi connectivity index (χ3n) is 7.78. The summed E-state index contributed by atoms with van der Waals surface area (Å²) in [7, 11) is 1.39. The van der Waals surface area contributed by atoms with Gasteiger partial charge in [0.05, 0.1) is 12.7 Å². The summed E-state index contributed by atoms with van der Waals surface area (Å²) in [6, 6.07) is 8.61. The Kier molecular flexibility index (Phi) is 7.98. The number of nitrogens with one attached hydrogen (secondary N) is 1. The van der Waals surface area contributed by atoms with Crippen molar-refractivity contribution in [3.63, 3.8) is 0 Å². The molecule has 1 heterocycles. The Bertz CT molecular complexity index is 1160. The van der Waals surface area contributed by atoms with E-state index in [1.807, 2.05) is 32.6 Å². The summed E-state index contributed by atoms with van der Waals surface area (Å²) < 4.78 is 11.6. The molecule has 4 rings (SSSR count). The number of carbonyl (C=O) groups excluding carboxylic acids is 2. The minimum absolute atomic E-state index is 0.0476. The summed E-state index contributed by atoms with van der Waals surface area (Å²) in [5.74, 6) is -0.450. The van der Waals surface area contributed by atoms with Crippen LogP contribution in [0.15, 0.2) is 24.3 Å². The molecule has 37 heavy (non-hydrogen) atoms. The Balaban J connectivity index is 1.91. The van der Waals surface area contributed by atoms with Gasteiger partial charge in [-0.25, -0.2) is 9.59 Å². The fourth-order valence-electron chi connectivity index (χ4n) is 5.93. The second kappa shape index (κ2) is 10.9. The quantitative estimate of drug-likeness (QED) is 0.442. The molecule has 1 atom stereocenters. The van der Waals surface area contributed by atoms with Gasteiger partial charge in [0.2, 0.25) is 0 Å². The van der Waals surface area contributed by atoms with E-state index in [1.54, 1.807) is 0 Å². The lowest BCUT2D eigenvalue weighted by molar-refractivity contribution is -0.164. The number of fused-ring (bicyclic) bond motifs is 1. The van der Waals surface area contributed by atoms with Crippen LogP contribution in [0.5, 0.6) is 0 Å². The van der Waals surface area contributed by atoms with Crippen LogP contribution in [-0.2, 0) is 20.7 Å². The van der Waals surface area contributed by atoms with Gasteiger partial charge in [0, 0.05) is 23.8 Å². The van der Waals surface area contributed by atoms with Gasteiger partial charge in [-0.3, -0.25) is 0 Å². The predicted molar refractivity (Wildman–Crippen MR) is 148 cm³/mol. The summed E-state index contributed by atoms with van der Waals surface area (Å²) in [5, 5.41) is 3.26. The van der Waals surface area contributed by atoms with Gasteiger partial charge in [0.1, 0.15) is 0 Å². The maximum Gasteiger partial charge on any atom is 0.339 e. The number of aryl methyl sites for hydroxylation is 1. The minimum Gasteiger partial charge on any atom is -0.467 e. The van der Waals surface area contributed by atoms with E-state index < -0.39 is 17.7 Å². The van der Waals surface area contributed by atoms with E-state index in [0.717, 1.165) is 58.3 Å². The van der Waals surface area contributed by atoms with Crippen LogP contribution < -0.4 is 5.32 Å². The SMILES string of the molecule is COC(=O)[C@@H](OC(C)(C)C)c1c(C)c2c(c(C)c1-c1ccc(C)cc1)CCN(C1CCCCC1)C(=O)N2. The molecule has 2 aromatic carbocycles. The van der Waals surface area contributed by atoms with Crippen LogP contribution in [0.1, 0.15) is 86.8 Å². The number of benzene rings is 2. The fourth-order valence-corrected chi connectivity index (χ4v) is 5.93. The first-order valence-electron chi connectivity index (χ1n) is 13.6. The van der Waals surface area contributed by atoms with Gasteiger partial charge in [-0.05, 0) is 88.6 Å². The topological polar surface area (TPSA) is 67.9 Å². The van der Waals surface area contributed by atoms with Gasteiger partial charge < -0.3 is 19.7 Å². The van der Waals surface area contributed by atoms with E-state index in [0.29, 0.717) is 6.54 Å². The number of urea groups is 1. The van der Waals surface area contributed by atoms with E-state index in [-0.39, 0.29) is 12.1 Å². The normalized spacial score (nSPS) is 17.6. The van der Waals surface area contributed by atoms with Crippen LogP contribution in [0.25, 0.3) is 11.1 Å². The van der Waals surface area contributed by atoms with Crippen LogP contribution in [0.2, 0.25) is 0 Å². The average molecular weight is 507 g/mol. The molecule has 2 amide bonds. The Morgan fingerprint density at radius 2 is 1.68 bits per heavy atom. The highest BCUT2D eigenvalue weighted by Gasteiger charge is 2.36. The van der Waals surface area contributed by atoms with Crippen molar-refractivity contribution in [3.05, 3.63) is 52.1 Å². The molecule has 2 aromatic rings. The number of hydrogen-bond donors (Lipinski definition) is 1. The van der Waals surface area contributed by atoms with Crippen LogP contribution in [0.3, 0.4) is 0 Å². The van der Waals surface area contributed by atoms with Crippen molar-refractivity contribution < 1.29 is 19.1 Å². The highest BCUT2D eigenvalue weighted by atomic mass is 16.6. The Labute approximate surface area is 221 Å². The van der Waals surface area contributed by atoms with Gasteiger partial charge in [0.15, 0.2) is 6.10 Å². The van der Waals surface area contributed by atoms with E-state index in [9.17, 15) is 9.59 Å². The summed E-state index contributed by atoms with van der Waals surface area (Å²) in [6.07, 6.45) is 5.55. The number of methoxy groups -OCH3 is 1. The zero-order valence-electron chi connectivity index (χ0n) is 23.5. The van der Waals surface area contributed by atoms with Crippen LogP contribution in [-0.4, -0.2) is 42.2 Å². The molecule has 0 bridgehead atoms. The molecule has 0 spiro atoms. The molecule has 6 heteroatoms. The molecule has 1 aliphatic carbocycles. The Morgan fingerprint density at radius 3 is 2.27 bits per heavy atom. The van der Waals surface area contributed by atoms with Gasteiger partial charge in [-0.15, -0.1) is 0 Å². The third-order valence-corrected chi connectivity index (χ3v) is 7.78. The molecule has 200 valence electrons. The Hall–Kier alpha value is -2.86. The number of ether oxygens (including phenoxy) is 2. The summed E-state index contributed by atoms with van der Waals surface area (Å²) in [6.45, 7) is 12.6. The lowest BCUT2D eigenvalue weighted by atomic mass is 9.83. The molecule has 0 aromatic heterocycles. The number of esters is 1. The molecule has 2 aliphatic rings. The van der Waals surface area contributed by atoms with E-state index in [4.69, 9.17) is 9.47 Å². The molecule has 1 N–H and O–H groups in total. The molecule has 1 saturated carbocycles. The van der Waals surface area contributed by atoms with Crippen molar-refractivity contribution in [3.8, 4) is 11.1 Å². The number of carbonyl (C=O) groups is 2. The molecule has 1 fully saturated rings.